The van der Waals surface area contributed by atoms with Crippen molar-refractivity contribution in [1.29, 1.82) is 0 Å². The normalized spacial score (nSPS) is 20.1. The molecule has 0 atom stereocenters. The van der Waals surface area contributed by atoms with Crippen LogP contribution in [-0.2, 0) is 5.67 Å². The van der Waals surface area contributed by atoms with Crippen LogP contribution in [0.4, 0.5) is 4.39 Å². The molecule has 0 saturated carbocycles. The molecule has 1 aliphatic rings. The fourth-order valence-electron chi connectivity index (χ4n) is 1.33. The van der Waals surface area contributed by atoms with E-state index >= 15 is 0 Å². The smallest absolute Gasteiger partial charge is 0.160 e. The predicted molar refractivity (Wildman–Crippen MR) is 43.8 cm³/mol. The summed E-state index contributed by atoms with van der Waals surface area (Å²) in [4.78, 5) is 0. The molecule has 1 fully saturated rings. The molecule has 64 valence electrons. The lowest BCUT2D eigenvalue weighted by molar-refractivity contribution is 0.0889. The van der Waals surface area contributed by atoms with Crippen LogP contribution < -0.4 is 5.32 Å². The third-order valence-corrected chi connectivity index (χ3v) is 2.17. The Morgan fingerprint density at radius 1 is 1.42 bits per heavy atom. The molecule has 0 unspecified atom stereocenters. The van der Waals surface area contributed by atoms with E-state index in [-0.39, 0.29) is 5.75 Å². The summed E-state index contributed by atoms with van der Waals surface area (Å²) in [7, 11) is 0. The molecule has 2 N–H and O–H groups in total. The Bertz CT molecular complexity index is 296. The molecule has 0 aromatic heterocycles. The summed E-state index contributed by atoms with van der Waals surface area (Å²) in [6.45, 7) is 0.687. The van der Waals surface area contributed by atoms with E-state index in [0.29, 0.717) is 18.7 Å². The molecule has 2 nitrogen and oxygen atoms in total. The maximum absolute atomic E-state index is 13.6. The van der Waals surface area contributed by atoms with Crippen molar-refractivity contribution in [3.63, 3.8) is 0 Å². The highest BCUT2D eigenvalue weighted by Gasteiger charge is 2.38. The Hall–Kier alpha value is -1.09. The van der Waals surface area contributed by atoms with Crippen molar-refractivity contribution in [3.05, 3.63) is 29.8 Å². The van der Waals surface area contributed by atoms with Crippen molar-refractivity contribution in [2.45, 2.75) is 5.67 Å². The van der Waals surface area contributed by atoms with Gasteiger partial charge >= 0.3 is 0 Å². The summed E-state index contributed by atoms with van der Waals surface area (Å²) < 4.78 is 13.6. The van der Waals surface area contributed by atoms with Gasteiger partial charge in [0.25, 0.3) is 0 Å². The van der Waals surface area contributed by atoms with Crippen LogP contribution in [0, 0.1) is 0 Å². The van der Waals surface area contributed by atoms with E-state index in [1.54, 1.807) is 18.2 Å². The van der Waals surface area contributed by atoms with E-state index < -0.39 is 5.67 Å². The van der Waals surface area contributed by atoms with E-state index in [1.165, 1.54) is 6.07 Å². The van der Waals surface area contributed by atoms with Gasteiger partial charge in [-0.15, -0.1) is 0 Å². The molecule has 0 amide bonds. The summed E-state index contributed by atoms with van der Waals surface area (Å²) in [5.74, 6) is 0.122. The second-order valence-corrected chi connectivity index (χ2v) is 3.12. The van der Waals surface area contributed by atoms with Crippen LogP contribution in [0.5, 0.6) is 5.75 Å². The Labute approximate surface area is 70.0 Å². The lowest BCUT2D eigenvalue weighted by Gasteiger charge is -2.35. The highest BCUT2D eigenvalue weighted by molar-refractivity contribution is 5.33. The molecule has 1 saturated heterocycles. The Morgan fingerprint density at radius 3 is 2.67 bits per heavy atom. The van der Waals surface area contributed by atoms with Crippen LogP contribution >= 0.6 is 0 Å². The molecule has 0 radical (unpaired) electrons. The van der Waals surface area contributed by atoms with Gasteiger partial charge in [0.15, 0.2) is 5.67 Å². The summed E-state index contributed by atoms with van der Waals surface area (Å²) in [5.41, 5.74) is -0.708. The molecule has 1 aliphatic heterocycles. The van der Waals surface area contributed by atoms with Gasteiger partial charge in [0.1, 0.15) is 5.75 Å². The number of phenols is 1. The monoisotopic (exact) mass is 167 g/mol. The number of nitrogens with one attached hydrogen (secondary N) is 1. The number of aromatic hydroxyl groups is 1. The van der Waals surface area contributed by atoms with E-state index in [4.69, 9.17) is 5.11 Å². The van der Waals surface area contributed by atoms with Gasteiger partial charge in [0.05, 0.1) is 0 Å². The maximum atomic E-state index is 13.6. The van der Waals surface area contributed by atoms with Gasteiger partial charge in [-0.3, -0.25) is 0 Å². The van der Waals surface area contributed by atoms with Crippen molar-refractivity contribution >= 4 is 0 Å². The average molecular weight is 167 g/mol. The number of benzene rings is 1. The molecular formula is C9H10FNO. The second-order valence-electron chi connectivity index (χ2n) is 3.12. The largest absolute Gasteiger partial charge is 0.508 e. The van der Waals surface area contributed by atoms with Crippen LogP contribution in [0.3, 0.4) is 0 Å². The van der Waals surface area contributed by atoms with Crippen molar-refractivity contribution in [2.75, 3.05) is 13.1 Å². The first-order valence-electron chi connectivity index (χ1n) is 3.90. The molecule has 0 bridgehead atoms. The van der Waals surface area contributed by atoms with Crippen molar-refractivity contribution in [3.8, 4) is 5.75 Å². The number of hydrogen-bond donors (Lipinski definition) is 2. The first-order chi connectivity index (χ1) is 5.71. The minimum atomic E-state index is -1.27. The number of phenolic OH excluding ortho intramolecular Hbond substituents is 1. The number of alkyl halides is 1. The van der Waals surface area contributed by atoms with Crippen molar-refractivity contribution < 1.29 is 9.50 Å². The predicted octanol–water partition coefficient (Wildman–Crippen LogP) is 1.16. The minimum absolute atomic E-state index is 0.122. The van der Waals surface area contributed by atoms with Gasteiger partial charge < -0.3 is 10.4 Å². The number of halogens is 1. The van der Waals surface area contributed by atoms with Crippen LogP contribution in [0.25, 0.3) is 0 Å². The minimum Gasteiger partial charge on any atom is -0.508 e. The molecule has 0 spiro atoms. The molecule has 1 aromatic rings. The topological polar surface area (TPSA) is 32.3 Å². The first kappa shape index (κ1) is 7.55. The van der Waals surface area contributed by atoms with Crippen LogP contribution in [0.15, 0.2) is 24.3 Å². The zero-order valence-electron chi connectivity index (χ0n) is 6.55. The molecular weight excluding hydrogens is 157 g/mol. The van der Waals surface area contributed by atoms with E-state index in [9.17, 15) is 4.39 Å². The summed E-state index contributed by atoms with van der Waals surface area (Å²) in [6, 6.07) is 6.37. The Morgan fingerprint density at radius 2 is 2.17 bits per heavy atom. The zero-order chi connectivity index (χ0) is 8.60. The van der Waals surface area contributed by atoms with E-state index in [1.807, 2.05) is 0 Å². The summed E-state index contributed by atoms with van der Waals surface area (Å²) >= 11 is 0. The highest BCUT2D eigenvalue weighted by Crippen LogP contribution is 2.31. The lowest BCUT2D eigenvalue weighted by atomic mass is 9.90. The fourth-order valence-corrected chi connectivity index (χ4v) is 1.33. The molecule has 12 heavy (non-hydrogen) atoms. The van der Waals surface area contributed by atoms with Crippen LogP contribution in [-0.4, -0.2) is 18.2 Å². The van der Waals surface area contributed by atoms with Gasteiger partial charge in [-0.25, -0.2) is 4.39 Å². The van der Waals surface area contributed by atoms with Crippen molar-refractivity contribution in [1.82, 2.24) is 5.32 Å². The lowest BCUT2D eigenvalue weighted by Crippen LogP contribution is -2.53. The first-order valence-corrected chi connectivity index (χ1v) is 3.90. The standard InChI is InChI=1S/C9H10FNO/c10-9(5-11-6-9)7-2-1-3-8(12)4-7/h1-4,11-12H,5-6H2. The summed E-state index contributed by atoms with van der Waals surface area (Å²) in [5, 5.41) is 12.0. The Kier molecular flexibility index (Phi) is 1.54. The molecule has 1 heterocycles. The van der Waals surface area contributed by atoms with E-state index in [2.05, 4.69) is 5.32 Å². The van der Waals surface area contributed by atoms with Gasteiger partial charge in [0, 0.05) is 13.1 Å². The quantitative estimate of drug-likeness (QED) is 0.657. The van der Waals surface area contributed by atoms with Crippen LogP contribution in [0.1, 0.15) is 5.56 Å². The molecule has 0 aliphatic carbocycles. The van der Waals surface area contributed by atoms with Crippen LogP contribution in [0.2, 0.25) is 0 Å². The molecule has 1 aromatic carbocycles. The Balaban J connectivity index is 2.33. The summed E-state index contributed by atoms with van der Waals surface area (Å²) in [6.07, 6.45) is 0. The van der Waals surface area contributed by atoms with Gasteiger partial charge in [-0.1, -0.05) is 12.1 Å². The average Bonchev–Trinajstić information content (AvgIpc) is 2.00. The third-order valence-electron chi connectivity index (χ3n) is 2.17. The maximum Gasteiger partial charge on any atom is 0.160 e. The fraction of sp³-hybridized carbons (Fsp3) is 0.333. The zero-order valence-corrected chi connectivity index (χ0v) is 6.55. The van der Waals surface area contributed by atoms with E-state index in [0.717, 1.165) is 0 Å². The second kappa shape index (κ2) is 2.45. The SMILES string of the molecule is Oc1cccc(C2(F)CNC2)c1. The van der Waals surface area contributed by atoms with Gasteiger partial charge in [0.2, 0.25) is 0 Å². The number of hydrogen-bond acceptors (Lipinski definition) is 2. The third kappa shape index (κ3) is 1.06. The number of rotatable bonds is 1. The highest BCUT2D eigenvalue weighted by atomic mass is 19.1. The molecule has 3 heteroatoms. The van der Waals surface area contributed by atoms with Crippen molar-refractivity contribution in [2.24, 2.45) is 0 Å². The van der Waals surface area contributed by atoms with Gasteiger partial charge in [-0.2, -0.15) is 0 Å². The van der Waals surface area contributed by atoms with Gasteiger partial charge in [-0.05, 0) is 17.7 Å². The molecule has 2 rings (SSSR count).